The highest BCUT2D eigenvalue weighted by Crippen LogP contribution is 2.00. The van der Waals surface area contributed by atoms with Crippen LogP contribution in [0, 0.1) is 34.6 Å². The van der Waals surface area contributed by atoms with Gasteiger partial charge in [0.2, 0.25) is 0 Å². The molecular weight excluding hydrogens is 917 g/mol. The molecule has 0 fully saturated rings. The summed E-state index contributed by atoms with van der Waals surface area (Å²) in [6.45, 7) is 10.1. The van der Waals surface area contributed by atoms with Gasteiger partial charge in [-0.1, -0.05) is 17.3 Å². The lowest BCUT2D eigenvalue weighted by Crippen LogP contribution is -1.91. The molecule has 11 aromatic heterocycles. The average molecular weight is 977 g/mol. The van der Waals surface area contributed by atoms with Crippen LogP contribution in [0.1, 0.15) is 27.4 Å². The maximum absolute atomic E-state index is 3.98. The first-order valence-corrected chi connectivity index (χ1v) is 22.1. The van der Waals surface area contributed by atoms with Crippen molar-refractivity contribution in [3.05, 3.63) is 192 Å². The summed E-state index contributed by atoms with van der Waals surface area (Å²) in [5.74, 6) is 0. The third kappa shape index (κ3) is 38.5. The molecule has 0 saturated heterocycles. The Morgan fingerprint density at radius 3 is 1.43 bits per heavy atom. The molecule has 11 heterocycles. The van der Waals surface area contributed by atoms with Gasteiger partial charge in [-0.3, -0.25) is 39.0 Å². The molecule has 26 heteroatoms. The molecule has 0 unspecified atom stereocenters. The number of imidazole rings is 1. The lowest BCUT2D eigenvalue weighted by Gasteiger charge is -1.82. The molecule has 69 heavy (non-hydrogen) atoms. The molecular formula is C43H60N24S2. The zero-order valence-corrected chi connectivity index (χ0v) is 42.3. The molecule has 0 aromatic carbocycles. The van der Waals surface area contributed by atoms with Crippen molar-refractivity contribution >= 4 is 22.7 Å². The first kappa shape index (κ1) is 58.5. The monoisotopic (exact) mass is 976 g/mol. The molecule has 0 spiro atoms. The van der Waals surface area contributed by atoms with E-state index in [1.54, 1.807) is 113 Å². The summed E-state index contributed by atoms with van der Waals surface area (Å²) in [5.41, 5.74) is 8.31. The van der Waals surface area contributed by atoms with E-state index in [9.17, 15) is 0 Å². The van der Waals surface area contributed by atoms with E-state index in [0.717, 1.165) is 11.4 Å². The standard InChI is InChI=1S/3C6H7N.2C4H6N2.2C4H5NS.2C3H5N3.C2H4N4.CH3N5/c1-6-2-4-7-5-3-6;1-6-3-2-4-7-5-6;1-6-4-2-3-5-7-6;1-6-3-2-5-4-6;1-6-4-2-3-5-6;1-4-2-6-3-5-4;1-4-2-5-3-6-4;1-6-3-4-2-5-6;1-6-3-2-4-5-6;1-6-2-3-4-5-6;1-6-4-2-3-5-6/h3*2-5H,1H3;2*2-4H,1H3;4*2-3H,1H3;2H,1H3;1H3. The minimum Gasteiger partial charge on any atom is -0.341 e. The summed E-state index contributed by atoms with van der Waals surface area (Å²) in [6, 6.07) is 15.6. The van der Waals surface area contributed by atoms with Gasteiger partial charge in [0.15, 0.2) is 0 Å². The molecule has 11 aromatic rings. The van der Waals surface area contributed by atoms with Crippen molar-refractivity contribution in [1.82, 2.24) is 120 Å². The van der Waals surface area contributed by atoms with Gasteiger partial charge in [-0.15, -0.1) is 37.7 Å². The predicted octanol–water partition coefficient (Wildman–Crippen LogP) is 5.36. The van der Waals surface area contributed by atoms with Crippen molar-refractivity contribution in [2.24, 2.45) is 42.3 Å². The summed E-state index contributed by atoms with van der Waals surface area (Å²) < 4.78 is 8.44. The third-order valence-corrected chi connectivity index (χ3v) is 8.17. The molecule has 0 aliphatic rings. The average Bonchev–Trinajstić information content (AvgIpc) is 4.18. The number of thiazole rings is 2. The lowest BCUT2D eigenvalue weighted by molar-refractivity contribution is 0.622. The molecule has 0 aliphatic heterocycles. The Balaban J connectivity index is 0.000000380. The van der Waals surface area contributed by atoms with Crippen LogP contribution in [0.15, 0.2) is 165 Å². The van der Waals surface area contributed by atoms with Gasteiger partial charge in [-0.25, -0.2) is 14.6 Å². The first-order chi connectivity index (χ1) is 33.3. The van der Waals surface area contributed by atoms with Crippen LogP contribution >= 0.6 is 22.7 Å². The Kier molecular flexibility index (Phi) is 33.8. The fraction of sp³-hybridized carbons (Fsp3) is 0.256. The Labute approximate surface area is 409 Å². The quantitative estimate of drug-likeness (QED) is 0.185. The van der Waals surface area contributed by atoms with E-state index >= 15 is 0 Å². The fourth-order valence-corrected chi connectivity index (χ4v) is 4.41. The van der Waals surface area contributed by atoms with E-state index in [2.05, 4.69) is 91.8 Å². The summed E-state index contributed by atoms with van der Waals surface area (Å²) in [6.07, 6.45) is 27.9. The normalized spacial score (nSPS) is 8.80. The van der Waals surface area contributed by atoms with Crippen LogP contribution in [-0.4, -0.2) is 120 Å². The Hall–Kier alpha value is -8.52. The van der Waals surface area contributed by atoms with Gasteiger partial charge >= 0.3 is 0 Å². The highest BCUT2D eigenvalue weighted by molar-refractivity contribution is 7.09. The van der Waals surface area contributed by atoms with Crippen LogP contribution in [-0.2, 0) is 42.3 Å². The number of hydrogen-bond acceptors (Lipinski definition) is 20. The SMILES string of the molecule is Cc1ccccn1.Cc1cccnc1.Cc1ccncc1.Cc1cncs1.Cc1cscn1.Cn1cccn1.Cn1ccnc1.Cn1ccnn1.Cn1cncn1.Cn1cnnn1.Cn1nnnn1. The van der Waals surface area contributed by atoms with Gasteiger partial charge in [0.05, 0.1) is 30.6 Å². The van der Waals surface area contributed by atoms with Crippen molar-refractivity contribution in [2.45, 2.75) is 34.6 Å². The van der Waals surface area contributed by atoms with E-state index in [-0.39, 0.29) is 0 Å². The number of aryl methyl sites for hydroxylation is 11. The van der Waals surface area contributed by atoms with Crippen molar-refractivity contribution in [3.63, 3.8) is 0 Å². The molecule has 0 atom stereocenters. The van der Waals surface area contributed by atoms with E-state index in [0.29, 0.717) is 0 Å². The van der Waals surface area contributed by atoms with Gasteiger partial charge in [0, 0.05) is 125 Å². The van der Waals surface area contributed by atoms with Crippen molar-refractivity contribution in [2.75, 3.05) is 0 Å². The molecule has 11 rings (SSSR count). The first-order valence-electron chi connectivity index (χ1n) is 20.3. The number of aromatic nitrogens is 24. The lowest BCUT2D eigenvalue weighted by atomic mass is 10.3. The fourth-order valence-electron chi connectivity index (χ4n) is 3.46. The summed E-state index contributed by atoms with van der Waals surface area (Å²) in [7, 11) is 10.9. The second-order valence-corrected chi connectivity index (χ2v) is 15.0. The summed E-state index contributed by atoms with van der Waals surface area (Å²) in [5, 5.41) is 39.9. The van der Waals surface area contributed by atoms with Crippen LogP contribution in [0.4, 0.5) is 0 Å². The summed E-state index contributed by atoms with van der Waals surface area (Å²) >= 11 is 3.30. The predicted molar refractivity (Wildman–Crippen MR) is 264 cm³/mol. The second kappa shape index (κ2) is 39.8. The van der Waals surface area contributed by atoms with Gasteiger partial charge < -0.3 is 4.57 Å². The summed E-state index contributed by atoms with van der Waals surface area (Å²) in [4.78, 5) is 29.5. The zero-order valence-electron chi connectivity index (χ0n) is 40.6. The third-order valence-electron chi connectivity index (χ3n) is 6.76. The van der Waals surface area contributed by atoms with Gasteiger partial charge in [-0.2, -0.15) is 10.2 Å². The van der Waals surface area contributed by atoms with Crippen molar-refractivity contribution < 1.29 is 0 Å². The minimum atomic E-state index is 1.07. The maximum atomic E-state index is 3.98. The topological polar surface area (TPSA) is 262 Å². The second-order valence-electron chi connectivity index (χ2n) is 13.2. The van der Waals surface area contributed by atoms with Gasteiger partial charge in [-0.05, 0) is 113 Å². The van der Waals surface area contributed by atoms with E-state index in [1.807, 2.05) is 157 Å². The molecule has 0 amide bonds. The van der Waals surface area contributed by atoms with Crippen LogP contribution < -0.4 is 0 Å². The van der Waals surface area contributed by atoms with Gasteiger partial charge in [0.1, 0.15) is 19.0 Å². The molecule has 364 valence electrons. The van der Waals surface area contributed by atoms with E-state index < -0.39 is 0 Å². The highest BCUT2D eigenvalue weighted by Gasteiger charge is 1.79. The van der Waals surface area contributed by atoms with Crippen molar-refractivity contribution in [1.29, 1.82) is 0 Å². The maximum Gasteiger partial charge on any atom is 0.137 e. The largest absolute Gasteiger partial charge is 0.341 e. The number of pyridine rings is 3. The molecule has 0 bridgehead atoms. The Bertz CT molecular complexity index is 2100. The van der Waals surface area contributed by atoms with Crippen LogP contribution in [0.25, 0.3) is 0 Å². The zero-order chi connectivity index (χ0) is 50.6. The van der Waals surface area contributed by atoms with E-state index in [1.165, 1.54) is 38.1 Å². The molecule has 24 nitrogen and oxygen atoms in total. The van der Waals surface area contributed by atoms with Crippen molar-refractivity contribution in [3.8, 4) is 0 Å². The Morgan fingerprint density at radius 1 is 0.449 bits per heavy atom. The highest BCUT2D eigenvalue weighted by atomic mass is 32.1. The molecule has 0 saturated carbocycles. The van der Waals surface area contributed by atoms with Crippen LogP contribution in [0.5, 0.6) is 0 Å². The van der Waals surface area contributed by atoms with Gasteiger partial charge in [0.25, 0.3) is 0 Å². The molecule has 0 radical (unpaired) electrons. The Morgan fingerprint density at radius 2 is 1.23 bits per heavy atom. The number of nitrogens with zero attached hydrogens (tertiary/aromatic N) is 24. The van der Waals surface area contributed by atoms with Crippen LogP contribution in [0.3, 0.4) is 0 Å². The minimum absolute atomic E-state index is 1.07. The number of tetrazole rings is 1. The molecule has 0 aliphatic carbocycles. The van der Waals surface area contributed by atoms with E-state index in [4.69, 9.17) is 0 Å². The number of hydrogen-bond donors (Lipinski definition) is 0. The number of rotatable bonds is 0. The molecule has 0 N–H and O–H groups in total. The smallest absolute Gasteiger partial charge is 0.137 e. The van der Waals surface area contributed by atoms with Crippen LogP contribution in [0.2, 0.25) is 0 Å².